The van der Waals surface area contributed by atoms with Crippen LogP contribution in [0.4, 0.5) is 0 Å². The van der Waals surface area contributed by atoms with Crippen molar-refractivity contribution >= 4 is 45.9 Å². The lowest BCUT2D eigenvalue weighted by atomic mass is 10.2. The Labute approximate surface area is 119 Å². The van der Waals surface area contributed by atoms with Crippen LogP contribution in [0.15, 0.2) is 23.6 Å². The maximum Gasteiger partial charge on any atom is 0.0991 e. The maximum atomic E-state index is 6.11. The molecule has 0 aliphatic rings. The molecular weight excluding hydrogens is 293 g/mol. The number of nitrogens with one attached hydrogen (secondary N) is 1. The van der Waals surface area contributed by atoms with Gasteiger partial charge in [0.05, 0.1) is 8.67 Å². The molecule has 0 saturated heterocycles. The van der Waals surface area contributed by atoms with Crippen molar-refractivity contribution in [1.29, 1.82) is 0 Å². The van der Waals surface area contributed by atoms with E-state index in [1.807, 2.05) is 6.07 Å². The fourth-order valence-electron chi connectivity index (χ4n) is 1.62. The lowest BCUT2D eigenvalue weighted by Crippen LogP contribution is -2.20. The molecule has 0 aliphatic carbocycles. The van der Waals surface area contributed by atoms with Crippen LogP contribution in [0.1, 0.15) is 23.4 Å². The van der Waals surface area contributed by atoms with Crippen molar-refractivity contribution in [2.45, 2.75) is 19.4 Å². The van der Waals surface area contributed by atoms with Crippen LogP contribution in [0.3, 0.4) is 0 Å². The third-order valence-corrected chi connectivity index (χ3v) is 5.01. The second-order valence-electron chi connectivity index (χ2n) is 3.78. The summed E-state index contributed by atoms with van der Waals surface area (Å²) in [4.78, 5) is 1.40. The Balaban J connectivity index is 1.85. The second kappa shape index (κ2) is 6.21. The molecule has 0 spiro atoms. The van der Waals surface area contributed by atoms with Crippen molar-refractivity contribution in [1.82, 2.24) is 5.32 Å². The Morgan fingerprint density at radius 3 is 2.82 bits per heavy atom. The maximum absolute atomic E-state index is 6.11. The quantitative estimate of drug-likeness (QED) is 0.819. The van der Waals surface area contributed by atoms with Crippen LogP contribution in [0.5, 0.6) is 0 Å². The van der Waals surface area contributed by atoms with Gasteiger partial charge in [0.1, 0.15) is 0 Å². The van der Waals surface area contributed by atoms with E-state index in [0.717, 1.165) is 27.2 Å². The van der Waals surface area contributed by atoms with Crippen molar-refractivity contribution in [2.75, 3.05) is 6.54 Å². The molecule has 0 saturated carbocycles. The molecule has 5 heteroatoms. The third kappa shape index (κ3) is 3.70. The smallest absolute Gasteiger partial charge is 0.0991 e. The van der Waals surface area contributed by atoms with E-state index in [1.54, 1.807) is 11.3 Å². The topological polar surface area (TPSA) is 12.0 Å². The van der Waals surface area contributed by atoms with Gasteiger partial charge in [-0.2, -0.15) is 0 Å². The standard InChI is InChI=1S/C12H13Cl2NS2/c1-8(10-7-11(13)17-12(10)14)15-5-4-9-3-2-6-16-9/h2-3,6-8,15H,4-5H2,1H3. The molecule has 1 atom stereocenters. The highest BCUT2D eigenvalue weighted by Gasteiger charge is 2.12. The molecule has 17 heavy (non-hydrogen) atoms. The molecule has 0 aliphatic heterocycles. The van der Waals surface area contributed by atoms with Gasteiger partial charge in [0.25, 0.3) is 0 Å². The summed E-state index contributed by atoms with van der Waals surface area (Å²) in [6, 6.07) is 6.42. The lowest BCUT2D eigenvalue weighted by Gasteiger charge is -2.12. The summed E-state index contributed by atoms with van der Waals surface area (Å²) < 4.78 is 1.53. The summed E-state index contributed by atoms with van der Waals surface area (Å²) >= 11 is 15.3. The molecule has 1 N–H and O–H groups in total. The molecule has 0 bridgehead atoms. The van der Waals surface area contributed by atoms with Crippen LogP contribution in [0.2, 0.25) is 8.67 Å². The lowest BCUT2D eigenvalue weighted by molar-refractivity contribution is 0.580. The molecule has 0 aromatic carbocycles. The number of hydrogen-bond donors (Lipinski definition) is 1. The van der Waals surface area contributed by atoms with Gasteiger partial charge in [0.2, 0.25) is 0 Å². The summed E-state index contributed by atoms with van der Waals surface area (Å²) in [6.45, 7) is 3.06. The molecule has 1 unspecified atom stereocenters. The number of thiophene rings is 2. The minimum absolute atomic E-state index is 0.242. The number of halogens is 2. The second-order valence-corrected chi connectivity index (χ2v) is 7.10. The predicted molar refractivity (Wildman–Crippen MR) is 78.8 cm³/mol. The van der Waals surface area contributed by atoms with Crippen LogP contribution in [0, 0.1) is 0 Å². The van der Waals surface area contributed by atoms with Crippen molar-refractivity contribution < 1.29 is 0 Å². The van der Waals surface area contributed by atoms with E-state index in [0.29, 0.717) is 0 Å². The van der Waals surface area contributed by atoms with E-state index >= 15 is 0 Å². The molecule has 0 amide bonds. The van der Waals surface area contributed by atoms with E-state index in [-0.39, 0.29) is 6.04 Å². The van der Waals surface area contributed by atoms with Crippen LogP contribution in [-0.4, -0.2) is 6.54 Å². The molecule has 2 rings (SSSR count). The predicted octanol–water partition coefficient (Wildman–Crippen LogP) is 5.01. The zero-order valence-electron chi connectivity index (χ0n) is 9.37. The molecule has 2 aromatic heterocycles. The van der Waals surface area contributed by atoms with Crippen LogP contribution in [0.25, 0.3) is 0 Å². The largest absolute Gasteiger partial charge is 0.310 e. The normalized spacial score (nSPS) is 12.9. The van der Waals surface area contributed by atoms with E-state index in [9.17, 15) is 0 Å². The third-order valence-electron chi connectivity index (χ3n) is 2.55. The highest BCUT2D eigenvalue weighted by atomic mass is 35.5. The van der Waals surface area contributed by atoms with Gasteiger partial charge in [-0.15, -0.1) is 22.7 Å². The monoisotopic (exact) mass is 305 g/mol. The van der Waals surface area contributed by atoms with Gasteiger partial charge in [0.15, 0.2) is 0 Å². The first-order chi connectivity index (χ1) is 8.16. The Hall–Kier alpha value is -0.0600. The van der Waals surface area contributed by atoms with Crippen molar-refractivity contribution in [3.8, 4) is 0 Å². The molecular formula is C12H13Cl2NS2. The van der Waals surface area contributed by atoms with E-state index in [2.05, 4.69) is 29.8 Å². The van der Waals surface area contributed by atoms with Crippen molar-refractivity contribution in [2.24, 2.45) is 0 Å². The average Bonchev–Trinajstić information content (AvgIpc) is 2.88. The first-order valence-electron chi connectivity index (χ1n) is 5.37. The summed E-state index contributed by atoms with van der Waals surface area (Å²) in [5.41, 5.74) is 1.09. The van der Waals surface area contributed by atoms with Gasteiger partial charge in [-0.3, -0.25) is 0 Å². The molecule has 92 valence electrons. The van der Waals surface area contributed by atoms with Crippen LogP contribution < -0.4 is 5.32 Å². The first kappa shape index (κ1) is 13.4. The van der Waals surface area contributed by atoms with Gasteiger partial charge in [-0.25, -0.2) is 0 Å². The molecule has 0 radical (unpaired) electrons. The minimum Gasteiger partial charge on any atom is -0.310 e. The van der Waals surface area contributed by atoms with Gasteiger partial charge >= 0.3 is 0 Å². The Kier molecular flexibility index (Phi) is 4.88. The SMILES string of the molecule is CC(NCCc1cccs1)c1cc(Cl)sc1Cl. The highest BCUT2D eigenvalue weighted by molar-refractivity contribution is 7.20. The summed E-state index contributed by atoms with van der Waals surface area (Å²) in [7, 11) is 0. The van der Waals surface area contributed by atoms with E-state index in [1.165, 1.54) is 16.2 Å². The Morgan fingerprint density at radius 1 is 1.41 bits per heavy atom. The van der Waals surface area contributed by atoms with Gasteiger partial charge in [0, 0.05) is 17.5 Å². The Morgan fingerprint density at radius 2 is 2.24 bits per heavy atom. The minimum atomic E-state index is 0.242. The van der Waals surface area contributed by atoms with Gasteiger partial charge < -0.3 is 5.32 Å². The molecule has 2 aromatic rings. The van der Waals surface area contributed by atoms with Gasteiger partial charge in [-0.1, -0.05) is 29.3 Å². The van der Waals surface area contributed by atoms with Gasteiger partial charge in [-0.05, 0) is 36.4 Å². The van der Waals surface area contributed by atoms with Crippen molar-refractivity contribution in [3.05, 3.63) is 42.7 Å². The molecule has 0 fully saturated rings. The Bertz CT molecular complexity index is 465. The first-order valence-corrected chi connectivity index (χ1v) is 7.82. The number of rotatable bonds is 5. The van der Waals surface area contributed by atoms with Crippen molar-refractivity contribution in [3.63, 3.8) is 0 Å². The summed E-state index contributed by atoms with van der Waals surface area (Å²) in [5.74, 6) is 0. The fourth-order valence-corrected chi connectivity index (χ4v) is 3.98. The fraction of sp³-hybridized carbons (Fsp3) is 0.333. The average molecular weight is 306 g/mol. The summed E-state index contributed by atoms with van der Waals surface area (Å²) in [5, 5.41) is 5.57. The van der Waals surface area contributed by atoms with E-state index in [4.69, 9.17) is 23.2 Å². The van der Waals surface area contributed by atoms with Crippen LogP contribution in [-0.2, 0) is 6.42 Å². The zero-order valence-corrected chi connectivity index (χ0v) is 12.5. The molecule has 2 heterocycles. The highest BCUT2D eigenvalue weighted by Crippen LogP contribution is 2.34. The zero-order chi connectivity index (χ0) is 12.3. The van der Waals surface area contributed by atoms with Crippen LogP contribution >= 0.6 is 45.9 Å². The molecule has 1 nitrogen and oxygen atoms in total. The summed E-state index contributed by atoms with van der Waals surface area (Å²) in [6.07, 6.45) is 1.05. The van der Waals surface area contributed by atoms with E-state index < -0.39 is 0 Å². The number of hydrogen-bond acceptors (Lipinski definition) is 3.